The van der Waals surface area contributed by atoms with Crippen molar-refractivity contribution in [3.05, 3.63) is 66.5 Å². The largest absolute Gasteiger partial charge is 0.438 e. The Morgan fingerprint density at radius 3 is 2.38 bits per heavy atom. The minimum absolute atomic E-state index is 0.142. The molecule has 32 heavy (non-hydrogen) atoms. The van der Waals surface area contributed by atoms with Gasteiger partial charge < -0.3 is 14.5 Å². The monoisotopic (exact) mass is 444 g/mol. The predicted molar refractivity (Wildman–Crippen MR) is 129 cm³/mol. The van der Waals surface area contributed by atoms with Crippen molar-refractivity contribution < 1.29 is 9.53 Å². The van der Waals surface area contributed by atoms with E-state index in [0.29, 0.717) is 5.88 Å². The standard InChI is InChI=1S/C25H24N4O2S/c1-17-22-24(26-16-27-25(22)32-23(17)19-6-4-3-5-7-19)31-21-10-8-20(9-11-21)29-14-12-28(13-15-29)18(2)30/h3-11,16H,12-15H2,1-2H3. The zero-order chi connectivity index (χ0) is 22.1. The molecule has 0 spiro atoms. The van der Waals surface area contributed by atoms with E-state index in [1.807, 2.05) is 35.2 Å². The summed E-state index contributed by atoms with van der Waals surface area (Å²) in [5, 5.41) is 0.959. The van der Waals surface area contributed by atoms with Crippen LogP contribution in [0.25, 0.3) is 20.7 Å². The Balaban J connectivity index is 1.37. The molecule has 0 unspecified atom stereocenters. The van der Waals surface area contributed by atoms with Crippen LogP contribution in [0.3, 0.4) is 0 Å². The highest BCUT2D eigenvalue weighted by Gasteiger charge is 2.19. The lowest BCUT2D eigenvalue weighted by Gasteiger charge is -2.35. The zero-order valence-electron chi connectivity index (χ0n) is 18.1. The molecule has 2 aromatic heterocycles. The molecule has 0 N–H and O–H groups in total. The van der Waals surface area contributed by atoms with Crippen LogP contribution < -0.4 is 9.64 Å². The van der Waals surface area contributed by atoms with E-state index in [-0.39, 0.29) is 5.91 Å². The molecule has 1 saturated heterocycles. The smallest absolute Gasteiger partial charge is 0.231 e. The lowest BCUT2D eigenvalue weighted by molar-refractivity contribution is -0.129. The van der Waals surface area contributed by atoms with Crippen molar-refractivity contribution in [3.8, 4) is 22.1 Å². The fourth-order valence-corrected chi connectivity index (χ4v) is 5.24. The number of carbonyl (C=O) groups is 1. The van der Waals surface area contributed by atoms with Gasteiger partial charge in [0.2, 0.25) is 11.8 Å². The third-order valence-corrected chi connectivity index (χ3v) is 7.12. The summed E-state index contributed by atoms with van der Waals surface area (Å²) in [6.07, 6.45) is 1.56. The fourth-order valence-electron chi connectivity index (χ4n) is 4.10. The summed E-state index contributed by atoms with van der Waals surface area (Å²) < 4.78 is 6.20. The Bertz CT molecular complexity index is 1250. The van der Waals surface area contributed by atoms with Crippen molar-refractivity contribution in [2.45, 2.75) is 13.8 Å². The molecule has 162 valence electrons. The molecule has 2 aromatic carbocycles. The molecule has 0 atom stereocenters. The van der Waals surface area contributed by atoms with Crippen LogP contribution in [-0.2, 0) is 4.79 Å². The van der Waals surface area contributed by atoms with Crippen LogP contribution in [0.1, 0.15) is 12.5 Å². The first-order valence-electron chi connectivity index (χ1n) is 10.7. The van der Waals surface area contributed by atoms with Gasteiger partial charge in [0.05, 0.1) is 5.39 Å². The third-order valence-electron chi connectivity index (χ3n) is 5.87. The average molecular weight is 445 g/mol. The van der Waals surface area contributed by atoms with Gasteiger partial charge in [-0.2, -0.15) is 0 Å². The van der Waals surface area contributed by atoms with Crippen LogP contribution >= 0.6 is 11.3 Å². The zero-order valence-corrected chi connectivity index (χ0v) is 18.9. The molecule has 5 rings (SSSR count). The molecule has 1 amide bonds. The number of nitrogens with zero attached hydrogens (tertiary/aromatic N) is 4. The quantitative estimate of drug-likeness (QED) is 0.437. The van der Waals surface area contributed by atoms with Gasteiger partial charge in [-0.1, -0.05) is 30.3 Å². The Morgan fingerprint density at radius 1 is 0.969 bits per heavy atom. The van der Waals surface area contributed by atoms with Gasteiger partial charge in [0.1, 0.15) is 16.9 Å². The number of ether oxygens (including phenoxy) is 1. The maximum Gasteiger partial charge on any atom is 0.231 e. The number of carbonyl (C=O) groups excluding carboxylic acids is 1. The second-order valence-electron chi connectivity index (χ2n) is 7.87. The third kappa shape index (κ3) is 3.91. The SMILES string of the molecule is CC(=O)N1CCN(c2ccc(Oc3ncnc4sc(-c5ccccc5)c(C)c34)cc2)CC1. The lowest BCUT2D eigenvalue weighted by atomic mass is 10.1. The number of rotatable bonds is 4. The van der Waals surface area contributed by atoms with E-state index in [4.69, 9.17) is 4.74 Å². The van der Waals surface area contributed by atoms with Crippen molar-refractivity contribution in [1.29, 1.82) is 0 Å². The second-order valence-corrected chi connectivity index (χ2v) is 8.87. The van der Waals surface area contributed by atoms with Crippen LogP contribution in [0.4, 0.5) is 5.69 Å². The van der Waals surface area contributed by atoms with Crippen molar-refractivity contribution in [1.82, 2.24) is 14.9 Å². The van der Waals surface area contributed by atoms with Gasteiger partial charge in [-0.05, 0) is 42.3 Å². The molecule has 3 heterocycles. The van der Waals surface area contributed by atoms with Gasteiger partial charge in [-0.25, -0.2) is 9.97 Å². The van der Waals surface area contributed by atoms with Crippen molar-refractivity contribution in [2.24, 2.45) is 0 Å². The highest BCUT2D eigenvalue weighted by atomic mass is 32.1. The summed E-state index contributed by atoms with van der Waals surface area (Å²) in [4.78, 5) is 26.7. The average Bonchev–Trinajstić information content (AvgIpc) is 3.17. The number of fused-ring (bicyclic) bond motifs is 1. The molecular formula is C25H24N4O2S. The van der Waals surface area contributed by atoms with Crippen LogP contribution in [0.15, 0.2) is 60.9 Å². The molecule has 7 heteroatoms. The highest BCUT2D eigenvalue weighted by molar-refractivity contribution is 7.22. The first-order chi connectivity index (χ1) is 15.6. The number of piperazine rings is 1. The van der Waals surface area contributed by atoms with E-state index in [2.05, 4.69) is 46.1 Å². The molecule has 4 aromatic rings. The maximum atomic E-state index is 11.5. The summed E-state index contributed by atoms with van der Waals surface area (Å²) in [6.45, 7) is 6.91. The molecule has 0 saturated carbocycles. The molecule has 1 aliphatic heterocycles. The van der Waals surface area contributed by atoms with Crippen LogP contribution in [0, 0.1) is 6.92 Å². The number of hydrogen-bond acceptors (Lipinski definition) is 6. The molecule has 6 nitrogen and oxygen atoms in total. The first kappa shape index (κ1) is 20.5. The Morgan fingerprint density at radius 2 is 1.69 bits per heavy atom. The summed E-state index contributed by atoms with van der Waals surface area (Å²) in [5.74, 6) is 1.46. The topological polar surface area (TPSA) is 58.6 Å². The molecular weight excluding hydrogens is 420 g/mol. The Labute approximate surface area is 191 Å². The maximum absolute atomic E-state index is 11.5. The van der Waals surface area contributed by atoms with Gasteiger partial charge in [-0.15, -0.1) is 11.3 Å². The van der Waals surface area contributed by atoms with Crippen molar-refractivity contribution in [3.63, 3.8) is 0 Å². The molecule has 0 bridgehead atoms. The van der Waals surface area contributed by atoms with Gasteiger partial charge in [0.25, 0.3) is 0 Å². The van der Waals surface area contributed by atoms with Crippen LogP contribution in [0.5, 0.6) is 11.6 Å². The van der Waals surface area contributed by atoms with Crippen LogP contribution in [-0.4, -0.2) is 47.0 Å². The second kappa shape index (κ2) is 8.59. The van der Waals surface area contributed by atoms with E-state index < -0.39 is 0 Å². The summed E-state index contributed by atoms with van der Waals surface area (Å²) in [5.41, 5.74) is 3.44. The number of aromatic nitrogens is 2. The van der Waals surface area contributed by atoms with E-state index in [9.17, 15) is 4.79 Å². The van der Waals surface area contributed by atoms with Gasteiger partial charge in [-0.3, -0.25) is 4.79 Å². The van der Waals surface area contributed by atoms with Gasteiger partial charge in [0, 0.05) is 43.7 Å². The minimum atomic E-state index is 0.142. The lowest BCUT2D eigenvalue weighted by Crippen LogP contribution is -2.48. The Kier molecular flexibility index (Phi) is 5.49. The number of anilines is 1. The number of hydrogen-bond donors (Lipinski definition) is 0. The minimum Gasteiger partial charge on any atom is -0.438 e. The molecule has 1 fully saturated rings. The van der Waals surface area contributed by atoms with Crippen molar-refractivity contribution in [2.75, 3.05) is 31.1 Å². The molecule has 0 radical (unpaired) electrons. The van der Waals surface area contributed by atoms with E-state index >= 15 is 0 Å². The van der Waals surface area contributed by atoms with Crippen molar-refractivity contribution >= 4 is 33.1 Å². The predicted octanol–water partition coefficient (Wildman–Crippen LogP) is 5.13. The normalized spacial score (nSPS) is 14.1. The van der Waals surface area contributed by atoms with Gasteiger partial charge >= 0.3 is 0 Å². The Hall–Kier alpha value is -3.45. The van der Waals surface area contributed by atoms with E-state index in [1.165, 1.54) is 10.4 Å². The number of aryl methyl sites for hydroxylation is 1. The number of thiophene rings is 1. The molecule has 0 aliphatic carbocycles. The van der Waals surface area contributed by atoms with E-state index in [1.54, 1.807) is 24.6 Å². The van der Waals surface area contributed by atoms with Crippen LogP contribution in [0.2, 0.25) is 0 Å². The first-order valence-corrected chi connectivity index (χ1v) is 11.5. The molecule has 1 aliphatic rings. The number of amides is 1. The fraction of sp³-hybridized carbons (Fsp3) is 0.240. The summed E-state index contributed by atoms with van der Waals surface area (Å²) in [6, 6.07) is 18.4. The highest BCUT2D eigenvalue weighted by Crippen LogP contribution is 2.41. The number of benzene rings is 2. The summed E-state index contributed by atoms with van der Waals surface area (Å²) in [7, 11) is 0. The van der Waals surface area contributed by atoms with E-state index in [0.717, 1.165) is 53.4 Å². The summed E-state index contributed by atoms with van der Waals surface area (Å²) >= 11 is 1.66. The van der Waals surface area contributed by atoms with Gasteiger partial charge in [0.15, 0.2) is 0 Å².